The molecule has 0 spiro atoms. The van der Waals surface area contributed by atoms with Gasteiger partial charge in [-0.15, -0.1) is 0 Å². The fraction of sp³-hybridized carbons (Fsp3) is 0.675. The number of rotatable bonds is 23. The Hall–Kier alpha value is -4.97. The molecule has 2 N–H and O–H groups in total. The Kier molecular flexibility index (Phi) is 67.4. The van der Waals surface area contributed by atoms with Crippen LogP contribution in [0.1, 0.15) is 229 Å². The van der Waals surface area contributed by atoms with Crippen LogP contribution in [0.4, 0.5) is 34.5 Å². The van der Waals surface area contributed by atoms with E-state index >= 15 is 0 Å². The molecule has 2 aliphatic heterocycles. The maximum absolute atomic E-state index is 12.6. The number of Topliss-reactive ketones (excluding diaryl/α,β-unsaturated/α-hetero) is 2. The first kappa shape index (κ1) is 128. The summed E-state index contributed by atoms with van der Waals surface area (Å²) >= 11 is 34.9. The van der Waals surface area contributed by atoms with Gasteiger partial charge in [0.25, 0.3) is 0 Å². The molecule has 5 fully saturated rings. The number of ether oxygens (including phenoxy) is 3. The number of aromatic nitrogens is 8. The molecular formula is C77H125BCl6I2N16NaO19S2. The average molecular weight is 2140 g/mol. The van der Waals surface area contributed by atoms with Crippen molar-refractivity contribution in [2.45, 2.75) is 284 Å². The van der Waals surface area contributed by atoms with E-state index in [-0.39, 0.29) is 164 Å². The number of nitrogens with one attached hydrogen (secondary N) is 2. The molecule has 0 saturated heterocycles. The summed E-state index contributed by atoms with van der Waals surface area (Å²) in [4.78, 5) is 167. The third-order valence-electron chi connectivity index (χ3n) is 19.0. The Morgan fingerprint density at radius 1 is 0.597 bits per heavy atom. The fourth-order valence-corrected chi connectivity index (χ4v) is 12.8. The third kappa shape index (κ3) is 45.0. The van der Waals surface area contributed by atoms with Gasteiger partial charge in [0.15, 0.2) is 11.6 Å². The Balaban J connectivity index is -0.000000438. The van der Waals surface area contributed by atoms with Crippen LogP contribution in [0.5, 0.6) is 0 Å². The van der Waals surface area contributed by atoms with E-state index in [4.69, 9.17) is 79.3 Å². The van der Waals surface area contributed by atoms with Crippen LogP contribution in [0.15, 0.2) is 24.8 Å². The van der Waals surface area contributed by atoms with E-state index < -0.39 is 52.8 Å². The van der Waals surface area contributed by atoms with Gasteiger partial charge in [0, 0.05) is 76.1 Å². The number of anilines is 4. The van der Waals surface area contributed by atoms with E-state index in [1.165, 1.54) is 66.8 Å². The minimum absolute atomic E-state index is 0. The number of halogens is 8. The van der Waals surface area contributed by atoms with Crippen molar-refractivity contribution in [3.05, 3.63) is 76.9 Å². The van der Waals surface area contributed by atoms with Crippen molar-refractivity contribution in [2.24, 2.45) is 29.6 Å². The van der Waals surface area contributed by atoms with Gasteiger partial charge in [0.1, 0.15) is 53.8 Å². The molecule has 35 nitrogen and oxygen atoms in total. The number of likely N-dealkylation sites (N-methyl/N-ethyl adjacent to an activating group) is 1. The van der Waals surface area contributed by atoms with Crippen LogP contribution < -0.4 is 59.3 Å². The number of nitrogens with zero attached hydrogens (tertiary/aromatic N) is 14. The summed E-state index contributed by atoms with van der Waals surface area (Å²) in [6, 6.07) is -0.380. The zero-order valence-corrected chi connectivity index (χ0v) is 82.4. The molecule has 6 heterocycles. The summed E-state index contributed by atoms with van der Waals surface area (Å²) in [6.07, 6.45) is 21.1. The van der Waals surface area contributed by atoms with Gasteiger partial charge in [-0.1, -0.05) is 83.4 Å². The molecule has 4 aromatic rings. The minimum atomic E-state index is -0.904. The standard InChI is InChI=1S/C14H19ClN4O4.C14H19ClN4O.C14H18ClN3O.C10H19NO2.C5H10ClNO2.C5H8O.C4HCl2N3O2.C4H6O4.C2H3BO2.5CH4.H2I2S2.Na/c1-4-10(13(20)23-3)18(8(2)9-5-6-9)12-11(19(21)22)7-16-14(15)17-12;1-4-10-13(20)18(3)11-7-16-14(15)17-12(11)19(10)8(2)9-5-6-9;1-3-11-12(19)6-10-7-16-14(15)17-13(10)18(11)8(2)9-4-5-9;1-4-9(10(12)13-3)11-7(2)8-5-6-8;1-3-4(7-6)5(8)9-2;1-4(6)5-2-3-5;5-3-2(9(10)11)1-7-4(6)8-3;1-3(5)7-8-4(2)6;1-2(4)5-3;;;;;;1-2(3)4;/h7-10H,4-6H2,1-3H3;7-10H,4-6H2,1-3H3;7-9,11H,3-6H2,1-2H3;7-9,11H,4-6H2,1-3H3;4,7H,3H2,1-2H3;5H,2-3H2,1H3;1H;1-2H3;1H3;5*1H4;3-4H;/q;;;;;;;;-1;;;;;;;+1/t2*8?,10-;8?,11-;7?,9-;4-;;;;;;;;;;;/m11111.........../s1. The molecule has 11 rings (SSSR count). The van der Waals surface area contributed by atoms with Crippen molar-refractivity contribution in [1.82, 2.24) is 50.0 Å². The van der Waals surface area contributed by atoms with Crippen molar-refractivity contribution < 1.29 is 111 Å². The molecule has 124 heavy (non-hydrogen) atoms. The number of amides is 1. The number of fused-ring (bicyclic) bond motifs is 2. The Labute approximate surface area is 809 Å². The Morgan fingerprint density at radius 2 is 0.992 bits per heavy atom. The number of carbonyl (C=O) groups excluding carboxylic acids is 9. The van der Waals surface area contributed by atoms with Gasteiger partial charge in [0.2, 0.25) is 44.0 Å². The van der Waals surface area contributed by atoms with Gasteiger partial charge in [-0.05, 0) is 213 Å². The summed E-state index contributed by atoms with van der Waals surface area (Å²) in [6.45, 7) is 23.4. The molecule has 5 saturated carbocycles. The van der Waals surface area contributed by atoms with Gasteiger partial charge in [0.05, 0.1) is 43.4 Å². The molecule has 1 amide bonds. The van der Waals surface area contributed by atoms with E-state index in [1.54, 1.807) is 36.2 Å². The monoisotopic (exact) mass is 2140 g/mol. The molecule has 4 aromatic heterocycles. The number of hydrogen-bond acceptors (Lipinski definition) is 34. The quantitative estimate of drug-likeness (QED) is 0.00458. The number of thiol groups is 2. The van der Waals surface area contributed by atoms with Crippen molar-refractivity contribution in [2.75, 3.05) is 48.0 Å². The summed E-state index contributed by atoms with van der Waals surface area (Å²) in [5.41, 5.74) is 1.03. The zero-order valence-electron chi connectivity index (χ0n) is 69.7. The van der Waals surface area contributed by atoms with Gasteiger partial charge >= 0.3 is 122 Å². The molecule has 0 bridgehead atoms. The number of methoxy groups -OCH3 is 3. The third-order valence-corrected chi connectivity index (χ3v) is 20.2. The first-order chi connectivity index (χ1) is 55.5. The van der Waals surface area contributed by atoms with E-state index in [2.05, 4.69) is 153 Å². The van der Waals surface area contributed by atoms with E-state index in [0.29, 0.717) is 66.8 Å². The summed E-state index contributed by atoms with van der Waals surface area (Å²) in [7, 11) is 18.1. The first-order valence-electron chi connectivity index (χ1n) is 37.6. The zero-order chi connectivity index (χ0) is 89.7. The van der Waals surface area contributed by atoms with Gasteiger partial charge in [-0.2, -0.15) is 15.0 Å². The van der Waals surface area contributed by atoms with Crippen LogP contribution in [0.3, 0.4) is 0 Å². The predicted octanol–water partition coefficient (Wildman–Crippen LogP) is 14.8. The summed E-state index contributed by atoms with van der Waals surface area (Å²) in [5.74, 6) is 2.74. The second-order valence-corrected chi connectivity index (χ2v) is 51.1. The van der Waals surface area contributed by atoms with Gasteiger partial charge < -0.3 is 51.8 Å². The van der Waals surface area contributed by atoms with Crippen molar-refractivity contribution in [3.63, 3.8) is 0 Å². The number of nitro groups is 2. The van der Waals surface area contributed by atoms with Crippen molar-refractivity contribution >= 4 is 217 Å². The molecule has 699 valence electrons. The van der Waals surface area contributed by atoms with Crippen LogP contribution in [-0.2, 0) is 78.2 Å². The van der Waals surface area contributed by atoms with E-state index in [1.807, 2.05) is 34.6 Å². The Morgan fingerprint density at radius 3 is 1.34 bits per heavy atom. The smallest absolute Gasteiger partial charge is 0.793 e. The number of carbonyl (C=O) groups is 9. The van der Waals surface area contributed by atoms with E-state index in [9.17, 15) is 63.4 Å². The second kappa shape index (κ2) is 65.6. The molecular weight excluding hydrogens is 2020 g/mol. The number of esters is 3. The van der Waals surface area contributed by atoms with Gasteiger partial charge in [-0.3, -0.25) is 49.0 Å². The van der Waals surface area contributed by atoms with Crippen molar-refractivity contribution in [1.29, 1.82) is 0 Å². The first-order valence-corrected chi connectivity index (χ1v) is 52.6. The molecule has 0 aromatic carbocycles. The van der Waals surface area contributed by atoms with Crippen LogP contribution in [-0.4, -0.2) is 194 Å². The minimum Gasteiger partial charge on any atom is -0.793 e. The number of ketones is 2. The van der Waals surface area contributed by atoms with E-state index in [0.717, 1.165) is 100.0 Å². The molecule has 3 radical (unpaired) electrons. The average Bonchev–Trinajstić information content (AvgIpc) is 1.26. The summed E-state index contributed by atoms with van der Waals surface area (Å²) in [5, 5.41) is 24.8. The fourth-order valence-electron chi connectivity index (χ4n) is 11.8. The van der Waals surface area contributed by atoms with Crippen LogP contribution >= 0.6 is 121 Å². The molecule has 4 unspecified atom stereocenters. The topological polar surface area (TPSA) is 435 Å². The molecule has 5 aliphatic carbocycles. The molecule has 9 atom stereocenters. The van der Waals surface area contributed by atoms with Gasteiger partial charge in [-0.25, -0.2) is 53.9 Å². The Bertz CT molecular complexity index is 3970. The van der Waals surface area contributed by atoms with Crippen molar-refractivity contribution in [3.8, 4) is 0 Å². The largest absolute Gasteiger partial charge is 1.00 e. The number of hydrogen-bond donors (Lipinski definition) is 4. The van der Waals surface area contributed by atoms with Crippen LogP contribution in [0.25, 0.3) is 0 Å². The second-order valence-electron chi connectivity index (χ2n) is 27.5. The maximum Gasteiger partial charge on any atom is 1.00 e. The molecule has 7 aliphatic rings. The SMILES string of the molecule is C.C.C.C.C.CC(=O)C1CC1.CC(=O)OOC(C)=O.CC[C@@H](NC(C)C1CC1)C(=O)OC.CC[C@@H](NCl)C(=O)OC.CC[C@@H]1C(=O)Cc2cnc(Cl)nc2N1C(C)C1CC1.CC[C@@H]1C(=O)N(C)c2cnc(Cl)nc2N1C(C)C1CC1.CC[C@H](C(=O)OC)N(c1nc(Cl)ncc1[N+](=O)[O-])C(C)C1CC1.O=[N+]([O-])c1cnc(Cl)nc1Cl.SI(S)I.[B-]OC(C)=O.[Na+]. The van der Waals surface area contributed by atoms with Crippen LogP contribution in [0, 0.1) is 49.8 Å². The summed E-state index contributed by atoms with van der Waals surface area (Å²) < 4.78 is 17.6. The van der Waals surface area contributed by atoms with Crippen LogP contribution in [0.2, 0.25) is 26.3 Å². The normalized spacial score (nSPS) is 16.7. The predicted molar refractivity (Wildman–Crippen MR) is 507 cm³/mol. The molecule has 47 heteroatoms. The maximum atomic E-state index is 12.6.